The summed E-state index contributed by atoms with van der Waals surface area (Å²) in [4.78, 5) is 6.87. The largest absolute Gasteiger partial charge is 0.446 e. The van der Waals surface area contributed by atoms with Gasteiger partial charge < -0.3 is 9.64 Å². The first-order valence-corrected chi connectivity index (χ1v) is 9.29. The van der Waals surface area contributed by atoms with Crippen LogP contribution in [-0.2, 0) is 11.2 Å². The van der Waals surface area contributed by atoms with Crippen molar-refractivity contribution >= 4 is 6.02 Å². The second kappa shape index (κ2) is 7.46. The molecule has 4 rings (SSSR count). The van der Waals surface area contributed by atoms with Crippen LogP contribution in [0.1, 0.15) is 42.0 Å². The monoisotopic (exact) mass is 353 g/mol. The van der Waals surface area contributed by atoms with E-state index in [2.05, 4.69) is 28.1 Å². The predicted octanol–water partition coefficient (Wildman–Crippen LogP) is 3.61. The van der Waals surface area contributed by atoms with Crippen LogP contribution in [0.3, 0.4) is 0 Å². The molecule has 2 atom stereocenters. The molecular weight excluding hydrogens is 329 g/mol. The molecule has 26 heavy (non-hydrogen) atoms. The number of hydrogen-bond donors (Lipinski definition) is 1. The number of hydrogen-bond acceptors (Lipinski definition) is 4. The summed E-state index contributed by atoms with van der Waals surface area (Å²) >= 11 is 0. The molecule has 0 unspecified atom stereocenters. The number of benzene rings is 2. The Balaban J connectivity index is 1.76. The molecule has 0 aliphatic carbocycles. The lowest BCUT2D eigenvalue weighted by molar-refractivity contribution is 0.126. The molecule has 4 nitrogen and oxygen atoms in total. The van der Waals surface area contributed by atoms with Gasteiger partial charge >= 0.3 is 0 Å². The van der Waals surface area contributed by atoms with Crippen molar-refractivity contribution in [2.45, 2.75) is 38.0 Å². The van der Waals surface area contributed by atoms with Gasteiger partial charge in [-0.15, -0.1) is 0 Å². The molecule has 136 valence electrons. The van der Waals surface area contributed by atoms with Crippen molar-refractivity contribution in [2.24, 2.45) is 10.7 Å². The molecule has 2 N–H and O–H groups in total. The van der Waals surface area contributed by atoms with Crippen LogP contribution in [0.25, 0.3) is 0 Å². The maximum atomic E-state index is 13.5. The number of fused-ring (bicyclic) bond motifs is 1. The van der Waals surface area contributed by atoms with Crippen molar-refractivity contribution in [1.29, 1.82) is 0 Å². The van der Waals surface area contributed by atoms with Gasteiger partial charge in [0, 0.05) is 13.1 Å². The standard InChI is InChI=1S/C21H24FN3O/c22-17-10-8-16(9-11-17)20-18-6-2-1-5-15(18)12-14-25(20)21-24-13-4-3-7-19(23)26-21/h1-2,5-6,8-11,19-20H,3-4,7,12-14,23H2/b24-21-/t19-,20+/m1/s1. The molecule has 5 heteroatoms. The third-order valence-electron chi connectivity index (χ3n) is 5.12. The second-order valence-corrected chi connectivity index (χ2v) is 6.91. The van der Waals surface area contributed by atoms with Gasteiger partial charge in [-0.25, -0.2) is 9.38 Å². The van der Waals surface area contributed by atoms with Crippen molar-refractivity contribution in [1.82, 2.24) is 4.90 Å². The third-order valence-corrected chi connectivity index (χ3v) is 5.12. The molecule has 2 aliphatic rings. The zero-order valence-corrected chi connectivity index (χ0v) is 14.8. The maximum Gasteiger partial charge on any atom is 0.289 e. The predicted molar refractivity (Wildman–Crippen MR) is 100 cm³/mol. The van der Waals surface area contributed by atoms with Gasteiger partial charge in [-0.2, -0.15) is 0 Å². The molecule has 2 aromatic carbocycles. The third kappa shape index (κ3) is 3.44. The van der Waals surface area contributed by atoms with E-state index in [1.807, 2.05) is 18.2 Å². The molecule has 0 saturated carbocycles. The Morgan fingerprint density at radius 2 is 1.88 bits per heavy atom. The minimum atomic E-state index is -0.333. The van der Waals surface area contributed by atoms with Crippen molar-refractivity contribution in [3.8, 4) is 0 Å². The van der Waals surface area contributed by atoms with Crippen LogP contribution in [0.15, 0.2) is 53.5 Å². The van der Waals surface area contributed by atoms with Gasteiger partial charge in [-0.05, 0) is 54.5 Å². The number of rotatable bonds is 1. The summed E-state index contributed by atoms with van der Waals surface area (Å²) in [6.07, 6.45) is 3.48. The Bertz CT molecular complexity index is 790. The normalized spacial score (nSPS) is 25.3. The molecule has 0 radical (unpaired) electrons. The molecule has 2 heterocycles. The highest BCUT2D eigenvalue weighted by molar-refractivity contribution is 5.76. The number of nitrogens with zero attached hydrogens (tertiary/aromatic N) is 2. The Kier molecular flexibility index (Phi) is 4.89. The van der Waals surface area contributed by atoms with Gasteiger partial charge in [-0.3, -0.25) is 5.73 Å². The van der Waals surface area contributed by atoms with Gasteiger partial charge in [0.1, 0.15) is 5.82 Å². The number of nitrogens with two attached hydrogens (primary N) is 1. The molecule has 0 spiro atoms. The summed E-state index contributed by atoms with van der Waals surface area (Å²) in [5.74, 6) is -0.231. The number of amidine groups is 1. The smallest absolute Gasteiger partial charge is 0.289 e. The van der Waals surface area contributed by atoms with E-state index >= 15 is 0 Å². The Morgan fingerprint density at radius 3 is 2.73 bits per heavy atom. The van der Waals surface area contributed by atoms with Crippen LogP contribution in [0.2, 0.25) is 0 Å². The van der Waals surface area contributed by atoms with Gasteiger partial charge in [-0.1, -0.05) is 36.4 Å². The zero-order chi connectivity index (χ0) is 17.9. The summed E-state index contributed by atoms with van der Waals surface area (Å²) in [7, 11) is 0. The summed E-state index contributed by atoms with van der Waals surface area (Å²) in [5.41, 5.74) is 9.68. The van der Waals surface area contributed by atoms with Gasteiger partial charge in [0.2, 0.25) is 0 Å². The summed E-state index contributed by atoms with van der Waals surface area (Å²) < 4.78 is 19.5. The Hall–Kier alpha value is -2.40. The fourth-order valence-corrected chi connectivity index (χ4v) is 3.80. The van der Waals surface area contributed by atoms with E-state index in [-0.39, 0.29) is 18.1 Å². The van der Waals surface area contributed by atoms with Gasteiger partial charge in [0.15, 0.2) is 6.23 Å². The van der Waals surface area contributed by atoms with Crippen LogP contribution in [-0.4, -0.2) is 30.2 Å². The van der Waals surface area contributed by atoms with E-state index in [9.17, 15) is 4.39 Å². The van der Waals surface area contributed by atoms with Gasteiger partial charge in [0.05, 0.1) is 6.04 Å². The van der Waals surface area contributed by atoms with E-state index in [1.165, 1.54) is 23.3 Å². The van der Waals surface area contributed by atoms with Crippen molar-refractivity contribution < 1.29 is 9.13 Å². The van der Waals surface area contributed by atoms with Crippen molar-refractivity contribution in [2.75, 3.05) is 13.1 Å². The van der Waals surface area contributed by atoms with E-state index < -0.39 is 0 Å². The molecule has 0 aromatic heterocycles. The summed E-state index contributed by atoms with van der Waals surface area (Å²) in [6, 6.07) is 15.7. The van der Waals surface area contributed by atoms with Crippen LogP contribution in [0.4, 0.5) is 4.39 Å². The van der Waals surface area contributed by atoms with E-state index in [4.69, 9.17) is 10.5 Å². The minimum absolute atomic E-state index is 0.0501. The molecule has 0 saturated heterocycles. The lowest BCUT2D eigenvalue weighted by atomic mass is 9.88. The van der Waals surface area contributed by atoms with Crippen LogP contribution >= 0.6 is 0 Å². The first-order chi connectivity index (χ1) is 12.7. The summed E-state index contributed by atoms with van der Waals surface area (Å²) in [6.45, 7) is 1.54. The molecule has 0 fully saturated rings. The topological polar surface area (TPSA) is 50.8 Å². The number of ether oxygens (including phenoxy) is 1. The van der Waals surface area contributed by atoms with E-state index in [0.717, 1.165) is 44.3 Å². The van der Waals surface area contributed by atoms with Crippen LogP contribution in [0.5, 0.6) is 0 Å². The highest BCUT2D eigenvalue weighted by Crippen LogP contribution is 2.36. The van der Waals surface area contributed by atoms with E-state index in [1.54, 1.807) is 0 Å². The SMILES string of the molecule is N[C@H]1CCCC/N=C(/N2CCc3ccccc3[C@@H]2c2ccc(F)cc2)O1. The summed E-state index contributed by atoms with van der Waals surface area (Å²) in [5, 5.41) is 0. The Morgan fingerprint density at radius 1 is 1.08 bits per heavy atom. The van der Waals surface area contributed by atoms with Crippen LogP contribution < -0.4 is 5.73 Å². The van der Waals surface area contributed by atoms with E-state index in [0.29, 0.717) is 6.02 Å². The lowest BCUT2D eigenvalue weighted by Gasteiger charge is -2.40. The molecule has 2 aromatic rings. The quantitative estimate of drug-likeness (QED) is 0.852. The average Bonchev–Trinajstić information content (AvgIpc) is 2.64. The van der Waals surface area contributed by atoms with Gasteiger partial charge in [0.25, 0.3) is 6.02 Å². The lowest BCUT2D eigenvalue weighted by Crippen LogP contribution is -2.45. The van der Waals surface area contributed by atoms with Crippen molar-refractivity contribution in [3.63, 3.8) is 0 Å². The van der Waals surface area contributed by atoms with Crippen molar-refractivity contribution in [3.05, 3.63) is 71.0 Å². The molecule has 0 bridgehead atoms. The first kappa shape index (κ1) is 17.0. The molecule has 0 amide bonds. The second-order valence-electron chi connectivity index (χ2n) is 6.91. The number of aliphatic imine (C=N–C) groups is 1. The zero-order valence-electron chi connectivity index (χ0n) is 14.8. The molecule has 2 aliphatic heterocycles. The first-order valence-electron chi connectivity index (χ1n) is 9.29. The number of halogens is 1. The molecular formula is C21H24FN3O. The average molecular weight is 353 g/mol. The highest BCUT2D eigenvalue weighted by atomic mass is 19.1. The highest BCUT2D eigenvalue weighted by Gasteiger charge is 2.32. The fraction of sp³-hybridized carbons (Fsp3) is 0.381. The Labute approximate surface area is 153 Å². The van der Waals surface area contributed by atoms with Crippen LogP contribution in [0, 0.1) is 5.82 Å². The minimum Gasteiger partial charge on any atom is -0.446 e. The maximum absolute atomic E-state index is 13.5. The fourth-order valence-electron chi connectivity index (χ4n) is 3.80.